The maximum Gasteiger partial charge on any atom is 0.416 e. The molecular weight excluding hydrogens is 415 g/mol. The molecule has 2 N–H and O–H groups in total. The standard InChI is InChI=1S/C18H15ClF3N3O2S/c19-15-4-3-12(18(20,21)22)6-11(15)7-14-9-24-17(28-14)25-16(26)10-23-8-13-2-1-5-27-13/h1-6,9,23H,7-8,10H2,(H,24,25,26). The first kappa shape index (κ1) is 20.4. The number of amides is 1. The summed E-state index contributed by atoms with van der Waals surface area (Å²) < 4.78 is 43.7. The molecule has 0 fully saturated rings. The summed E-state index contributed by atoms with van der Waals surface area (Å²) in [5, 5.41) is 6.18. The Balaban J connectivity index is 1.56. The number of rotatable bonds is 7. The molecule has 5 nitrogen and oxygen atoms in total. The molecule has 0 bridgehead atoms. The van der Waals surface area contributed by atoms with E-state index in [9.17, 15) is 18.0 Å². The first-order chi connectivity index (χ1) is 13.3. The lowest BCUT2D eigenvalue weighted by Gasteiger charge is -2.09. The number of furan rings is 1. The van der Waals surface area contributed by atoms with Gasteiger partial charge in [0.1, 0.15) is 5.76 Å². The van der Waals surface area contributed by atoms with Crippen LogP contribution in [0.25, 0.3) is 0 Å². The molecule has 0 aliphatic carbocycles. The van der Waals surface area contributed by atoms with Gasteiger partial charge in [0.15, 0.2) is 5.13 Å². The third-order valence-corrected chi connectivity index (χ3v) is 4.98. The van der Waals surface area contributed by atoms with E-state index in [1.165, 1.54) is 23.6 Å². The van der Waals surface area contributed by atoms with Crippen molar-refractivity contribution in [2.75, 3.05) is 11.9 Å². The molecule has 0 radical (unpaired) electrons. The maximum absolute atomic E-state index is 12.9. The third-order valence-electron chi connectivity index (χ3n) is 3.70. The Labute approximate surface area is 167 Å². The normalized spacial score (nSPS) is 11.6. The van der Waals surface area contributed by atoms with E-state index in [4.69, 9.17) is 16.0 Å². The molecule has 3 rings (SSSR count). The van der Waals surface area contributed by atoms with Gasteiger partial charge in [0, 0.05) is 22.5 Å². The summed E-state index contributed by atoms with van der Waals surface area (Å²) in [5.41, 5.74) is -0.411. The Bertz CT molecular complexity index is 942. The van der Waals surface area contributed by atoms with Crippen LogP contribution in [0.5, 0.6) is 0 Å². The van der Waals surface area contributed by atoms with Crippen LogP contribution >= 0.6 is 22.9 Å². The molecule has 0 spiro atoms. The van der Waals surface area contributed by atoms with Crippen LogP contribution in [-0.4, -0.2) is 17.4 Å². The van der Waals surface area contributed by atoms with E-state index in [0.29, 0.717) is 27.9 Å². The minimum absolute atomic E-state index is 0.0646. The van der Waals surface area contributed by atoms with Crippen molar-refractivity contribution in [1.29, 1.82) is 0 Å². The zero-order valence-corrected chi connectivity index (χ0v) is 15.9. The molecule has 148 valence electrons. The topological polar surface area (TPSA) is 67.2 Å². The fraction of sp³-hybridized carbons (Fsp3) is 0.222. The van der Waals surface area contributed by atoms with Gasteiger partial charge in [0.25, 0.3) is 0 Å². The van der Waals surface area contributed by atoms with E-state index in [1.54, 1.807) is 18.4 Å². The van der Waals surface area contributed by atoms with Gasteiger partial charge in [-0.15, -0.1) is 11.3 Å². The minimum Gasteiger partial charge on any atom is -0.468 e. The number of carbonyl (C=O) groups is 1. The molecule has 0 unspecified atom stereocenters. The number of hydrogen-bond acceptors (Lipinski definition) is 5. The van der Waals surface area contributed by atoms with Crippen LogP contribution < -0.4 is 10.6 Å². The lowest BCUT2D eigenvalue weighted by molar-refractivity contribution is -0.137. The molecule has 0 saturated carbocycles. The largest absolute Gasteiger partial charge is 0.468 e. The van der Waals surface area contributed by atoms with Gasteiger partial charge < -0.3 is 15.1 Å². The van der Waals surface area contributed by atoms with Crippen LogP contribution in [0.2, 0.25) is 5.02 Å². The van der Waals surface area contributed by atoms with Crippen molar-refractivity contribution >= 4 is 34.0 Å². The van der Waals surface area contributed by atoms with Crippen molar-refractivity contribution in [3.05, 3.63) is 69.6 Å². The van der Waals surface area contributed by atoms with Gasteiger partial charge in [-0.3, -0.25) is 4.79 Å². The van der Waals surface area contributed by atoms with E-state index in [1.807, 2.05) is 0 Å². The number of hydrogen-bond donors (Lipinski definition) is 2. The fourth-order valence-electron chi connectivity index (χ4n) is 2.40. The molecule has 10 heteroatoms. The van der Waals surface area contributed by atoms with Crippen LogP contribution in [0.4, 0.5) is 18.3 Å². The first-order valence-electron chi connectivity index (χ1n) is 8.14. The van der Waals surface area contributed by atoms with Gasteiger partial charge in [-0.2, -0.15) is 13.2 Å². The number of thiazole rings is 1. The zero-order valence-electron chi connectivity index (χ0n) is 14.3. The molecule has 0 aliphatic rings. The lowest BCUT2D eigenvalue weighted by Crippen LogP contribution is -2.27. The number of carbonyl (C=O) groups excluding carboxylic acids is 1. The Morgan fingerprint density at radius 1 is 1.29 bits per heavy atom. The molecule has 0 aliphatic heterocycles. The summed E-state index contributed by atoms with van der Waals surface area (Å²) in [6.45, 7) is 0.479. The van der Waals surface area contributed by atoms with Crippen molar-refractivity contribution in [2.24, 2.45) is 0 Å². The average Bonchev–Trinajstić information content (AvgIpc) is 3.28. The maximum atomic E-state index is 12.9. The van der Waals surface area contributed by atoms with Gasteiger partial charge in [-0.25, -0.2) is 4.98 Å². The smallest absolute Gasteiger partial charge is 0.416 e. The second-order valence-electron chi connectivity index (χ2n) is 5.84. The van der Waals surface area contributed by atoms with Crippen LogP contribution in [0.1, 0.15) is 21.8 Å². The van der Waals surface area contributed by atoms with Crippen molar-refractivity contribution < 1.29 is 22.4 Å². The highest BCUT2D eigenvalue weighted by Gasteiger charge is 2.30. The monoisotopic (exact) mass is 429 g/mol. The van der Waals surface area contributed by atoms with Gasteiger partial charge in [0.05, 0.1) is 24.9 Å². The zero-order chi connectivity index (χ0) is 20.1. The Kier molecular flexibility index (Phi) is 6.38. The number of benzene rings is 1. The quantitative estimate of drug-likeness (QED) is 0.570. The Morgan fingerprint density at radius 2 is 2.11 bits per heavy atom. The van der Waals surface area contributed by atoms with Crippen LogP contribution in [0.15, 0.2) is 47.2 Å². The summed E-state index contributed by atoms with van der Waals surface area (Å²) in [4.78, 5) is 16.7. The molecule has 1 amide bonds. The first-order valence-corrected chi connectivity index (χ1v) is 9.34. The second kappa shape index (κ2) is 8.76. The Hall–Kier alpha value is -2.36. The van der Waals surface area contributed by atoms with E-state index in [2.05, 4.69) is 15.6 Å². The van der Waals surface area contributed by atoms with Crippen molar-refractivity contribution in [1.82, 2.24) is 10.3 Å². The number of alkyl halides is 3. The van der Waals surface area contributed by atoms with Gasteiger partial charge >= 0.3 is 6.18 Å². The molecule has 1 aromatic carbocycles. The summed E-state index contributed by atoms with van der Waals surface area (Å²) in [5.74, 6) is 0.423. The summed E-state index contributed by atoms with van der Waals surface area (Å²) in [6, 6.07) is 6.74. The lowest BCUT2D eigenvalue weighted by atomic mass is 10.1. The van der Waals surface area contributed by atoms with E-state index in [0.717, 1.165) is 12.1 Å². The highest BCUT2D eigenvalue weighted by atomic mass is 35.5. The number of nitrogens with zero attached hydrogens (tertiary/aromatic N) is 1. The van der Waals surface area contributed by atoms with Crippen molar-refractivity contribution in [3.63, 3.8) is 0 Å². The molecule has 2 heterocycles. The number of aromatic nitrogens is 1. The highest BCUT2D eigenvalue weighted by molar-refractivity contribution is 7.15. The van der Waals surface area contributed by atoms with E-state index >= 15 is 0 Å². The molecule has 3 aromatic rings. The second-order valence-corrected chi connectivity index (χ2v) is 7.37. The minimum atomic E-state index is -4.44. The summed E-state index contributed by atoms with van der Waals surface area (Å²) in [7, 11) is 0. The number of nitrogens with one attached hydrogen (secondary N) is 2. The SMILES string of the molecule is O=C(CNCc1ccco1)Nc1ncc(Cc2cc(C(F)(F)F)ccc2Cl)s1. The van der Waals surface area contributed by atoms with Crippen LogP contribution in [-0.2, 0) is 23.9 Å². The Morgan fingerprint density at radius 3 is 2.82 bits per heavy atom. The van der Waals surface area contributed by atoms with Gasteiger partial charge in [0.2, 0.25) is 5.91 Å². The number of halogens is 4. The average molecular weight is 430 g/mol. The van der Waals surface area contributed by atoms with Gasteiger partial charge in [-0.1, -0.05) is 11.6 Å². The highest BCUT2D eigenvalue weighted by Crippen LogP contribution is 2.33. The van der Waals surface area contributed by atoms with Crippen LogP contribution in [0, 0.1) is 0 Å². The molecule has 0 atom stereocenters. The molecule has 0 saturated heterocycles. The summed E-state index contributed by atoms with van der Waals surface area (Å²) in [6.07, 6.45) is -1.19. The van der Waals surface area contributed by atoms with Crippen molar-refractivity contribution in [2.45, 2.75) is 19.1 Å². The predicted octanol–water partition coefficient (Wildman–Crippen LogP) is 4.73. The third kappa shape index (κ3) is 5.57. The predicted molar refractivity (Wildman–Crippen MR) is 100 cm³/mol. The van der Waals surface area contributed by atoms with Gasteiger partial charge in [-0.05, 0) is 35.9 Å². The summed E-state index contributed by atoms with van der Waals surface area (Å²) >= 11 is 7.20. The molecule has 2 aromatic heterocycles. The van der Waals surface area contributed by atoms with Crippen LogP contribution in [0.3, 0.4) is 0 Å². The number of anilines is 1. The van der Waals surface area contributed by atoms with E-state index < -0.39 is 11.7 Å². The van der Waals surface area contributed by atoms with E-state index in [-0.39, 0.29) is 23.9 Å². The molecule has 28 heavy (non-hydrogen) atoms. The van der Waals surface area contributed by atoms with Crippen molar-refractivity contribution in [3.8, 4) is 0 Å². The fourth-order valence-corrected chi connectivity index (χ4v) is 3.43. The molecular formula is C18H15ClF3N3O2S.